The summed E-state index contributed by atoms with van der Waals surface area (Å²) in [4.78, 5) is 11.9. The van der Waals surface area contributed by atoms with Crippen molar-refractivity contribution in [2.75, 3.05) is 5.32 Å². The number of urea groups is 1. The van der Waals surface area contributed by atoms with Gasteiger partial charge in [0.25, 0.3) is 0 Å². The lowest BCUT2D eigenvalue weighted by Crippen LogP contribution is -2.36. The van der Waals surface area contributed by atoms with Gasteiger partial charge in [0.15, 0.2) is 0 Å². The van der Waals surface area contributed by atoms with Crippen molar-refractivity contribution < 1.29 is 4.79 Å². The van der Waals surface area contributed by atoms with Crippen LogP contribution in [0.5, 0.6) is 0 Å². The Bertz CT molecular complexity index is 419. The molecule has 0 atom stereocenters. The van der Waals surface area contributed by atoms with Crippen LogP contribution < -0.4 is 10.6 Å². The molecule has 5 nitrogen and oxygen atoms in total. The van der Waals surface area contributed by atoms with Crippen LogP contribution in [-0.2, 0) is 7.05 Å². The predicted octanol–water partition coefficient (Wildman–Crippen LogP) is 2.61. The van der Waals surface area contributed by atoms with Crippen molar-refractivity contribution in [1.29, 1.82) is 0 Å². The molecule has 100 valence electrons. The predicted molar refractivity (Wildman–Crippen MR) is 71.7 cm³/mol. The third-order valence-corrected chi connectivity index (χ3v) is 3.34. The smallest absolute Gasteiger partial charge is 0.319 e. The second-order valence-electron chi connectivity index (χ2n) is 5.34. The van der Waals surface area contributed by atoms with E-state index >= 15 is 0 Å². The fraction of sp³-hybridized carbons (Fsp3) is 0.692. The molecular formula is C13H22N4O. The molecule has 0 bridgehead atoms. The van der Waals surface area contributed by atoms with Crippen LogP contribution in [0.15, 0.2) is 6.20 Å². The van der Waals surface area contributed by atoms with E-state index in [1.54, 1.807) is 4.68 Å². The van der Waals surface area contributed by atoms with Crippen LogP contribution in [0.25, 0.3) is 0 Å². The van der Waals surface area contributed by atoms with Gasteiger partial charge in [0, 0.05) is 19.3 Å². The first-order valence-corrected chi connectivity index (χ1v) is 6.67. The summed E-state index contributed by atoms with van der Waals surface area (Å²) in [5.74, 6) is 0.299. The van der Waals surface area contributed by atoms with Crippen molar-refractivity contribution in [1.82, 2.24) is 15.1 Å². The van der Waals surface area contributed by atoms with E-state index in [-0.39, 0.29) is 6.03 Å². The van der Waals surface area contributed by atoms with E-state index in [0.717, 1.165) is 24.2 Å². The molecule has 0 aromatic carbocycles. The van der Waals surface area contributed by atoms with E-state index in [1.807, 2.05) is 13.2 Å². The topological polar surface area (TPSA) is 59.0 Å². The Balaban J connectivity index is 1.97. The summed E-state index contributed by atoms with van der Waals surface area (Å²) in [5, 5.41) is 10.3. The van der Waals surface area contributed by atoms with Gasteiger partial charge in [0.2, 0.25) is 0 Å². The molecule has 1 aliphatic rings. The molecule has 1 aromatic rings. The first-order valence-electron chi connectivity index (χ1n) is 6.67. The van der Waals surface area contributed by atoms with Gasteiger partial charge in [-0.1, -0.05) is 26.7 Å². The van der Waals surface area contributed by atoms with Gasteiger partial charge >= 0.3 is 6.03 Å². The fourth-order valence-electron chi connectivity index (χ4n) is 2.44. The number of amides is 2. The molecule has 2 rings (SSSR count). The minimum absolute atomic E-state index is 0.114. The van der Waals surface area contributed by atoms with E-state index in [9.17, 15) is 4.79 Å². The zero-order valence-corrected chi connectivity index (χ0v) is 11.4. The van der Waals surface area contributed by atoms with Crippen LogP contribution in [0.3, 0.4) is 0 Å². The number of carbonyl (C=O) groups is 1. The highest BCUT2D eigenvalue weighted by Crippen LogP contribution is 2.22. The Morgan fingerprint density at radius 2 is 2.11 bits per heavy atom. The van der Waals surface area contributed by atoms with Crippen LogP contribution in [-0.4, -0.2) is 21.9 Å². The van der Waals surface area contributed by atoms with Crippen LogP contribution in [0, 0.1) is 0 Å². The summed E-state index contributed by atoms with van der Waals surface area (Å²) in [6.45, 7) is 4.14. The molecular weight excluding hydrogens is 228 g/mol. The quantitative estimate of drug-likeness (QED) is 0.866. The molecule has 1 aromatic heterocycles. The van der Waals surface area contributed by atoms with Crippen molar-refractivity contribution in [2.24, 2.45) is 7.05 Å². The molecule has 0 radical (unpaired) electrons. The van der Waals surface area contributed by atoms with Crippen molar-refractivity contribution in [3.8, 4) is 0 Å². The minimum atomic E-state index is -0.114. The molecule has 18 heavy (non-hydrogen) atoms. The van der Waals surface area contributed by atoms with Crippen molar-refractivity contribution in [3.05, 3.63) is 11.9 Å². The number of hydrogen-bond donors (Lipinski definition) is 2. The summed E-state index contributed by atoms with van der Waals surface area (Å²) in [7, 11) is 1.87. The Kier molecular flexibility index (Phi) is 3.89. The second kappa shape index (κ2) is 5.42. The summed E-state index contributed by atoms with van der Waals surface area (Å²) in [6.07, 6.45) is 6.47. The van der Waals surface area contributed by atoms with Gasteiger partial charge in [-0.05, 0) is 18.8 Å². The Morgan fingerprint density at radius 1 is 1.44 bits per heavy atom. The number of carbonyl (C=O) groups excluding carboxylic acids is 1. The molecule has 1 saturated carbocycles. The number of hydrogen-bond acceptors (Lipinski definition) is 2. The van der Waals surface area contributed by atoms with Crippen LogP contribution >= 0.6 is 0 Å². The number of anilines is 1. The molecule has 0 unspecified atom stereocenters. The maximum Gasteiger partial charge on any atom is 0.319 e. The lowest BCUT2D eigenvalue weighted by molar-refractivity contribution is 0.248. The van der Waals surface area contributed by atoms with Gasteiger partial charge in [0.1, 0.15) is 0 Å². The van der Waals surface area contributed by atoms with E-state index in [2.05, 4.69) is 29.6 Å². The van der Waals surface area contributed by atoms with Crippen molar-refractivity contribution in [3.63, 3.8) is 0 Å². The Morgan fingerprint density at radius 3 is 2.72 bits per heavy atom. The Labute approximate surface area is 108 Å². The monoisotopic (exact) mass is 250 g/mol. The van der Waals surface area contributed by atoms with E-state index in [4.69, 9.17) is 0 Å². The zero-order valence-electron chi connectivity index (χ0n) is 11.4. The van der Waals surface area contributed by atoms with Gasteiger partial charge in [-0.15, -0.1) is 0 Å². The number of nitrogens with zero attached hydrogens (tertiary/aromatic N) is 2. The fourth-order valence-corrected chi connectivity index (χ4v) is 2.44. The van der Waals surface area contributed by atoms with Gasteiger partial charge in [0.05, 0.1) is 11.4 Å². The average Bonchev–Trinajstić information content (AvgIpc) is 2.88. The van der Waals surface area contributed by atoms with Crippen LogP contribution in [0.1, 0.15) is 51.1 Å². The molecule has 0 aliphatic heterocycles. The maximum absolute atomic E-state index is 11.9. The highest BCUT2D eigenvalue weighted by Gasteiger charge is 2.19. The van der Waals surface area contributed by atoms with Crippen LogP contribution in [0.4, 0.5) is 10.5 Å². The van der Waals surface area contributed by atoms with Gasteiger partial charge < -0.3 is 10.6 Å². The molecule has 2 amide bonds. The molecule has 0 spiro atoms. The number of rotatable bonds is 3. The first-order chi connectivity index (χ1) is 8.56. The van der Waals surface area contributed by atoms with Crippen molar-refractivity contribution in [2.45, 2.75) is 51.5 Å². The molecule has 2 N–H and O–H groups in total. The van der Waals surface area contributed by atoms with Gasteiger partial charge in [-0.25, -0.2) is 4.79 Å². The lowest BCUT2D eigenvalue weighted by Gasteiger charge is -2.13. The largest absolute Gasteiger partial charge is 0.335 e. The average molecular weight is 250 g/mol. The molecule has 5 heteroatoms. The number of aromatic nitrogens is 2. The summed E-state index contributed by atoms with van der Waals surface area (Å²) in [5.41, 5.74) is 1.74. The summed E-state index contributed by atoms with van der Waals surface area (Å²) >= 11 is 0. The maximum atomic E-state index is 11.9. The van der Waals surface area contributed by atoms with Gasteiger partial charge in [-0.3, -0.25) is 4.68 Å². The van der Waals surface area contributed by atoms with Crippen LogP contribution in [0.2, 0.25) is 0 Å². The third kappa shape index (κ3) is 3.03. The highest BCUT2D eigenvalue weighted by atomic mass is 16.2. The zero-order chi connectivity index (χ0) is 13.1. The first kappa shape index (κ1) is 12.9. The van der Waals surface area contributed by atoms with Gasteiger partial charge in [-0.2, -0.15) is 5.10 Å². The standard InChI is InChI=1S/C13H22N4O/c1-9(2)12-11(8-17(3)16-12)15-13(18)14-10-6-4-5-7-10/h8-10H,4-7H2,1-3H3,(H2,14,15,18). The Hall–Kier alpha value is -1.52. The normalized spacial score (nSPS) is 16.2. The van der Waals surface area contributed by atoms with Crippen molar-refractivity contribution >= 4 is 11.7 Å². The molecule has 0 saturated heterocycles. The number of aryl methyl sites for hydroxylation is 1. The third-order valence-electron chi connectivity index (χ3n) is 3.34. The molecule has 1 heterocycles. The molecule has 1 fully saturated rings. The lowest BCUT2D eigenvalue weighted by atomic mass is 10.1. The van der Waals surface area contributed by atoms with E-state index in [0.29, 0.717) is 12.0 Å². The molecule has 1 aliphatic carbocycles. The minimum Gasteiger partial charge on any atom is -0.335 e. The number of nitrogens with one attached hydrogen (secondary N) is 2. The SMILES string of the molecule is CC(C)c1nn(C)cc1NC(=O)NC1CCCC1. The van der Waals surface area contributed by atoms with E-state index < -0.39 is 0 Å². The highest BCUT2D eigenvalue weighted by molar-refractivity contribution is 5.90. The summed E-state index contributed by atoms with van der Waals surface area (Å²) in [6, 6.07) is 0.223. The van der Waals surface area contributed by atoms with E-state index in [1.165, 1.54) is 12.8 Å². The second-order valence-corrected chi connectivity index (χ2v) is 5.34. The summed E-state index contributed by atoms with van der Waals surface area (Å²) < 4.78 is 1.74.